The van der Waals surface area contributed by atoms with E-state index in [2.05, 4.69) is 45.6 Å². The standard InChI is InChI=1S/C23H32N6O2/c1-5-29-18(3)20(17(2)26-29)16-28-12-8-23(9-13-28,10-14-30-4)22-25-21(31-27-22)19-7-6-11-24-15-19/h6-7,11,15H,5,8-10,12-14,16H2,1-4H3. The van der Waals surface area contributed by atoms with E-state index in [0.29, 0.717) is 12.5 Å². The summed E-state index contributed by atoms with van der Waals surface area (Å²) >= 11 is 0. The van der Waals surface area contributed by atoms with Crippen molar-refractivity contribution < 1.29 is 9.26 Å². The Kier molecular flexibility index (Phi) is 6.48. The first-order valence-electron chi connectivity index (χ1n) is 11.0. The van der Waals surface area contributed by atoms with Crippen molar-refractivity contribution in [3.8, 4) is 11.5 Å². The minimum Gasteiger partial charge on any atom is -0.385 e. The van der Waals surface area contributed by atoms with E-state index < -0.39 is 0 Å². The van der Waals surface area contributed by atoms with Crippen LogP contribution in [0.1, 0.15) is 49.0 Å². The van der Waals surface area contributed by atoms with Gasteiger partial charge in [-0.3, -0.25) is 14.6 Å². The predicted molar refractivity (Wildman–Crippen MR) is 118 cm³/mol. The molecule has 0 aromatic carbocycles. The smallest absolute Gasteiger partial charge is 0.259 e. The van der Waals surface area contributed by atoms with Crippen LogP contribution in [0.15, 0.2) is 29.0 Å². The fraction of sp³-hybridized carbons (Fsp3) is 0.565. The Morgan fingerprint density at radius 3 is 2.68 bits per heavy atom. The molecule has 1 aliphatic rings. The molecule has 4 rings (SSSR count). The van der Waals surface area contributed by atoms with Gasteiger partial charge in [-0.1, -0.05) is 5.16 Å². The van der Waals surface area contributed by atoms with Gasteiger partial charge in [-0.05, 0) is 65.3 Å². The van der Waals surface area contributed by atoms with Crippen molar-refractivity contribution >= 4 is 0 Å². The van der Waals surface area contributed by atoms with Gasteiger partial charge in [0, 0.05) is 55.9 Å². The number of nitrogens with zero attached hydrogens (tertiary/aromatic N) is 6. The molecule has 0 unspecified atom stereocenters. The van der Waals surface area contributed by atoms with Gasteiger partial charge in [-0.15, -0.1) is 0 Å². The van der Waals surface area contributed by atoms with Gasteiger partial charge in [0.05, 0.1) is 11.3 Å². The molecule has 0 saturated carbocycles. The molecule has 0 spiro atoms. The van der Waals surface area contributed by atoms with E-state index in [9.17, 15) is 0 Å². The van der Waals surface area contributed by atoms with E-state index in [4.69, 9.17) is 14.2 Å². The molecule has 31 heavy (non-hydrogen) atoms. The summed E-state index contributed by atoms with van der Waals surface area (Å²) in [6, 6.07) is 3.82. The molecule has 0 radical (unpaired) electrons. The van der Waals surface area contributed by atoms with E-state index in [1.807, 2.05) is 12.1 Å². The first kappa shape index (κ1) is 21.6. The van der Waals surface area contributed by atoms with E-state index in [-0.39, 0.29) is 5.41 Å². The van der Waals surface area contributed by atoms with Crippen LogP contribution in [-0.2, 0) is 23.2 Å². The quantitative estimate of drug-likeness (QED) is 0.547. The van der Waals surface area contributed by atoms with Gasteiger partial charge in [-0.25, -0.2) is 0 Å². The average molecular weight is 425 g/mol. The van der Waals surface area contributed by atoms with Crippen LogP contribution in [-0.4, -0.2) is 56.6 Å². The van der Waals surface area contributed by atoms with Gasteiger partial charge in [0.15, 0.2) is 5.82 Å². The van der Waals surface area contributed by atoms with Crippen LogP contribution in [0.3, 0.4) is 0 Å². The third-order valence-corrected chi connectivity index (χ3v) is 6.62. The molecule has 8 nitrogen and oxygen atoms in total. The van der Waals surface area contributed by atoms with Gasteiger partial charge >= 0.3 is 0 Å². The van der Waals surface area contributed by atoms with Crippen LogP contribution in [0.5, 0.6) is 0 Å². The van der Waals surface area contributed by atoms with Crippen LogP contribution in [0.25, 0.3) is 11.5 Å². The second-order valence-corrected chi connectivity index (χ2v) is 8.43. The highest BCUT2D eigenvalue weighted by Crippen LogP contribution is 2.38. The normalized spacial score (nSPS) is 16.6. The number of piperidine rings is 1. The number of methoxy groups -OCH3 is 1. The van der Waals surface area contributed by atoms with Crippen LogP contribution in [0, 0.1) is 13.8 Å². The molecule has 0 N–H and O–H groups in total. The maximum absolute atomic E-state index is 5.61. The molecular formula is C23H32N6O2. The van der Waals surface area contributed by atoms with Crippen molar-refractivity contribution in [3.63, 3.8) is 0 Å². The monoisotopic (exact) mass is 424 g/mol. The van der Waals surface area contributed by atoms with E-state index in [1.54, 1.807) is 19.5 Å². The molecule has 0 bridgehead atoms. The molecule has 0 aliphatic carbocycles. The number of rotatable bonds is 8. The summed E-state index contributed by atoms with van der Waals surface area (Å²) in [5, 5.41) is 9.07. The number of ether oxygens (including phenoxy) is 1. The largest absolute Gasteiger partial charge is 0.385 e. The lowest BCUT2D eigenvalue weighted by atomic mass is 9.75. The van der Waals surface area contributed by atoms with Crippen LogP contribution in [0.2, 0.25) is 0 Å². The summed E-state index contributed by atoms with van der Waals surface area (Å²) < 4.78 is 13.1. The zero-order valence-corrected chi connectivity index (χ0v) is 19.0. The van der Waals surface area contributed by atoms with E-state index in [0.717, 1.165) is 62.5 Å². The van der Waals surface area contributed by atoms with Gasteiger partial charge in [0.1, 0.15) is 0 Å². The summed E-state index contributed by atoms with van der Waals surface area (Å²) in [5.74, 6) is 1.31. The second-order valence-electron chi connectivity index (χ2n) is 8.43. The number of aromatic nitrogens is 5. The zero-order chi connectivity index (χ0) is 21.8. The third-order valence-electron chi connectivity index (χ3n) is 6.62. The highest BCUT2D eigenvalue weighted by molar-refractivity contribution is 5.50. The van der Waals surface area contributed by atoms with Crippen molar-refractivity contribution in [2.24, 2.45) is 0 Å². The average Bonchev–Trinajstić information content (AvgIpc) is 3.40. The number of pyridine rings is 1. The Hall–Kier alpha value is -2.58. The van der Waals surface area contributed by atoms with Crippen molar-refractivity contribution in [2.45, 2.75) is 58.5 Å². The molecule has 0 amide bonds. The molecule has 1 saturated heterocycles. The molecule has 166 valence electrons. The Bertz CT molecular complexity index is 989. The Balaban J connectivity index is 1.50. The van der Waals surface area contributed by atoms with Crippen molar-refractivity contribution in [2.75, 3.05) is 26.8 Å². The number of aryl methyl sites for hydroxylation is 2. The highest BCUT2D eigenvalue weighted by Gasteiger charge is 2.40. The summed E-state index contributed by atoms with van der Waals surface area (Å²) in [6.45, 7) is 10.9. The summed E-state index contributed by atoms with van der Waals surface area (Å²) in [7, 11) is 1.75. The lowest BCUT2D eigenvalue weighted by Gasteiger charge is -2.39. The summed E-state index contributed by atoms with van der Waals surface area (Å²) in [6.07, 6.45) is 6.33. The van der Waals surface area contributed by atoms with E-state index in [1.165, 1.54) is 11.3 Å². The number of likely N-dealkylation sites (tertiary alicyclic amines) is 1. The predicted octanol–water partition coefficient (Wildman–Crippen LogP) is 3.54. The van der Waals surface area contributed by atoms with Gasteiger partial charge in [0.2, 0.25) is 0 Å². The summed E-state index contributed by atoms with van der Waals surface area (Å²) in [4.78, 5) is 11.5. The lowest BCUT2D eigenvalue weighted by molar-refractivity contribution is 0.103. The lowest BCUT2D eigenvalue weighted by Crippen LogP contribution is -2.43. The van der Waals surface area contributed by atoms with Gasteiger partial charge < -0.3 is 9.26 Å². The molecule has 1 fully saturated rings. The molecule has 3 aromatic rings. The van der Waals surface area contributed by atoms with Crippen LogP contribution < -0.4 is 0 Å². The first-order valence-corrected chi connectivity index (χ1v) is 11.0. The fourth-order valence-electron chi connectivity index (χ4n) is 4.56. The summed E-state index contributed by atoms with van der Waals surface area (Å²) in [5.41, 5.74) is 4.48. The molecular weight excluding hydrogens is 392 g/mol. The molecule has 0 atom stereocenters. The van der Waals surface area contributed by atoms with Crippen molar-refractivity contribution in [3.05, 3.63) is 47.3 Å². The maximum Gasteiger partial charge on any atom is 0.259 e. The van der Waals surface area contributed by atoms with Crippen molar-refractivity contribution in [1.29, 1.82) is 0 Å². The topological polar surface area (TPSA) is 82.1 Å². The first-order chi connectivity index (χ1) is 15.1. The van der Waals surface area contributed by atoms with Gasteiger partial charge in [0.25, 0.3) is 5.89 Å². The number of hydrogen-bond acceptors (Lipinski definition) is 7. The Morgan fingerprint density at radius 2 is 2.03 bits per heavy atom. The van der Waals surface area contributed by atoms with Crippen molar-refractivity contribution in [1.82, 2.24) is 29.8 Å². The van der Waals surface area contributed by atoms with Crippen LogP contribution in [0.4, 0.5) is 0 Å². The number of hydrogen-bond donors (Lipinski definition) is 0. The SMILES string of the molecule is CCn1nc(C)c(CN2CCC(CCOC)(c3noc(-c4cccnc4)n3)CC2)c1C. The third kappa shape index (κ3) is 4.41. The van der Waals surface area contributed by atoms with Crippen LogP contribution >= 0.6 is 0 Å². The minimum absolute atomic E-state index is 0.131. The zero-order valence-electron chi connectivity index (χ0n) is 19.0. The Labute approximate surface area is 183 Å². The maximum atomic E-state index is 5.61. The second kappa shape index (κ2) is 9.28. The van der Waals surface area contributed by atoms with Gasteiger partial charge in [-0.2, -0.15) is 10.1 Å². The fourth-order valence-corrected chi connectivity index (χ4v) is 4.56. The highest BCUT2D eigenvalue weighted by atomic mass is 16.5. The molecule has 3 aromatic heterocycles. The molecule has 8 heteroatoms. The minimum atomic E-state index is -0.131. The Morgan fingerprint density at radius 1 is 1.23 bits per heavy atom. The molecule has 4 heterocycles. The molecule has 1 aliphatic heterocycles. The van der Waals surface area contributed by atoms with E-state index >= 15 is 0 Å².